The summed E-state index contributed by atoms with van der Waals surface area (Å²) in [5.74, 6) is 0.414. The summed E-state index contributed by atoms with van der Waals surface area (Å²) in [4.78, 5) is 10.9. The molecule has 1 heterocycles. The van der Waals surface area contributed by atoms with Crippen LogP contribution in [0.1, 0.15) is 0 Å². The number of aryl methyl sites for hydroxylation is 1. The van der Waals surface area contributed by atoms with Gasteiger partial charge in [-0.15, -0.1) is 11.6 Å². The molecule has 3 nitrogen and oxygen atoms in total. The van der Waals surface area contributed by atoms with Gasteiger partial charge in [0.1, 0.15) is 0 Å². The average Bonchev–Trinajstić information content (AvgIpc) is 1.94. The van der Waals surface area contributed by atoms with Crippen molar-refractivity contribution in [3.8, 4) is 0 Å². The van der Waals surface area contributed by atoms with Crippen LogP contribution in [-0.2, 0) is 6.54 Å². The van der Waals surface area contributed by atoms with E-state index in [1.807, 2.05) is 0 Å². The Labute approximate surface area is 63.2 Å². The quantitative estimate of drug-likeness (QED) is 0.587. The number of alkyl halides is 1. The predicted octanol–water partition coefficient (Wildman–Crippen LogP) is 0.482. The third-order valence-corrected chi connectivity index (χ3v) is 1.25. The fourth-order valence-corrected chi connectivity index (χ4v) is 0.795. The second-order valence-electron chi connectivity index (χ2n) is 1.77. The first-order chi connectivity index (χ1) is 4.84. The molecular weight excluding hydrogens is 152 g/mol. The van der Waals surface area contributed by atoms with Crippen molar-refractivity contribution in [2.75, 3.05) is 5.88 Å². The molecule has 0 radical (unpaired) electrons. The number of hydrogen-bond donors (Lipinski definition) is 0. The van der Waals surface area contributed by atoms with E-state index in [0.717, 1.165) is 0 Å². The van der Waals surface area contributed by atoms with Gasteiger partial charge in [0.25, 0.3) is 5.56 Å². The maximum Gasteiger partial charge on any atom is 0.266 e. The van der Waals surface area contributed by atoms with Crippen LogP contribution in [-0.4, -0.2) is 15.7 Å². The van der Waals surface area contributed by atoms with Crippen molar-refractivity contribution >= 4 is 11.6 Å². The molecule has 0 aliphatic rings. The average molecular weight is 159 g/mol. The number of aromatic nitrogens is 2. The van der Waals surface area contributed by atoms with E-state index >= 15 is 0 Å². The monoisotopic (exact) mass is 158 g/mol. The van der Waals surface area contributed by atoms with Crippen LogP contribution in [0.2, 0.25) is 0 Å². The normalized spacial score (nSPS) is 9.70. The summed E-state index contributed by atoms with van der Waals surface area (Å²) in [6.45, 7) is 0.473. The Kier molecular flexibility index (Phi) is 2.45. The van der Waals surface area contributed by atoms with Gasteiger partial charge in [0, 0.05) is 18.1 Å². The molecule has 0 aromatic carbocycles. The van der Waals surface area contributed by atoms with Crippen LogP contribution < -0.4 is 5.56 Å². The second-order valence-corrected chi connectivity index (χ2v) is 2.15. The number of hydrogen-bond acceptors (Lipinski definition) is 2. The number of halogens is 1. The van der Waals surface area contributed by atoms with Gasteiger partial charge in [-0.25, -0.2) is 4.68 Å². The Morgan fingerprint density at radius 1 is 1.70 bits per heavy atom. The summed E-state index contributed by atoms with van der Waals surface area (Å²) in [7, 11) is 0. The van der Waals surface area contributed by atoms with Crippen molar-refractivity contribution in [2.45, 2.75) is 6.54 Å². The predicted molar refractivity (Wildman–Crippen MR) is 39.2 cm³/mol. The van der Waals surface area contributed by atoms with E-state index in [4.69, 9.17) is 11.6 Å². The third-order valence-electron chi connectivity index (χ3n) is 1.08. The van der Waals surface area contributed by atoms with Gasteiger partial charge in [-0.05, 0) is 6.07 Å². The van der Waals surface area contributed by atoms with Gasteiger partial charge in [-0.2, -0.15) is 5.10 Å². The minimum Gasteiger partial charge on any atom is -0.268 e. The van der Waals surface area contributed by atoms with Gasteiger partial charge in [0.2, 0.25) is 0 Å². The Morgan fingerprint density at radius 3 is 3.10 bits per heavy atom. The molecule has 1 aromatic heterocycles. The van der Waals surface area contributed by atoms with Crippen molar-refractivity contribution in [3.05, 3.63) is 28.7 Å². The molecule has 0 atom stereocenters. The third kappa shape index (κ3) is 1.57. The first kappa shape index (κ1) is 7.28. The highest BCUT2D eigenvalue weighted by Gasteiger charge is 1.90. The largest absolute Gasteiger partial charge is 0.268 e. The van der Waals surface area contributed by atoms with Gasteiger partial charge in [-0.3, -0.25) is 4.79 Å². The zero-order valence-corrected chi connectivity index (χ0v) is 6.08. The SMILES string of the molecule is O=c1cccnn1CCCl. The molecule has 54 valence electrons. The van der Waals surface area contributed by atoms with Gasteiger partial charge in [0.05, 0.1) is 6.54 Å². The summed E-state index contributed by atoms with van der Waals surface area (Å²) in [5.41, 5.74) is -0.108. The zero-order valence-electron chi connectivity index (χ0n) is 5.33. The lowest BCUT2D eigenvalue weighted by molar-refractivity contribution is 0.619. The van der Waals surface area contributed by atoms with Crippen LogP contribution in [0.4, 0.5) is 0 Å². The second kappa shape index (κ2) is 3.37. The molecule has 0 spiro atoms. The van der Waals surface area contributed by atoms with Crippen LogP contribution in [0.3, 0.4) is 0 Å². The molecular formula is C6H7ClN2O. The molecule has 0 saturated heterocycles. The van der Waals surface area contributed by atoms with E-state index in [1.165, 1.54) is 10.7 Å². The summed E-state index contributed by atoms with van der Waals surface area (Å²) in [6, 6.07) is 3.06. The molecule has 0 unspecified atom stereocenters. The van der Waals surface area contributed by atoms with E-state index in [1.54, 1.807) is 12.3 Å². The molecule has 4 heteroatoms. The topological polar surface area (TPSA) is 34.9 Å². The highest BCUT2D eigenvalue weighted by Crippen LogP contribution is 1.79. The molecule has 0 N–H and O–H groups in total. The maximum atomic E-state index is 10.9. The Morgan fingerprint density at radius 2 is 2.50 bits per heavy atom. The summed E-state index contributed by atoms with van der Waals surface area (Å²) in [6.07, 6.45) is 1.56. The molecule has 1 aromatic rings. The van der Waals surface area contributed by atoms with Crippen molar-refractivity contribution in [2.24, 2.45) is 0 Å². The van der Waals surface area contributed by atoms with E-state index in [9.17, 15) is 4.79 Å². The van der Waals surface area contributed by atoms with Crippen molar-refractivity contribution in [1.29, 1.82) is 0 Å². The van der Waals surface area contributed by atoms with Crippen LogP contribution in [0.15, 0.2) is 23.1 Å². The highest BCUT2D eigenvalue weighted by molar-refractivity contribution is 6.17. The Bertz CT molecular complexity index is 258. The molecule has 0 fully saturated rings. The van der Waals surface area contributed by atoms with Gasteiger partial charge >= 0.3 is 0 Å². The summed E-state index contributed by atoms with van der Waals surface area (Å²) >= 11 is 5.41. The summed E-state index contributed by atoms with van der Waals surface area (Å²) < 4.78 is 1.33. The lowest BCUT2D eigenvalue weighted by atomic mass is 10.6. The van der Waals surface area contributed by atoms with Crippen LogP contribution in [0.5, 0.6) is 0 Å². The fraction of sp³-hybridized carbons (Fsp3) is 0.333. The molecule has 0 aliphatic carbocycles. The number of nitrogens with zero attached hydrogens (tertiary/aromatic N) is 2. The first-order valence-corrected chi connectivity index (χ1v) is 3.46. The van der Waals surface area contributed by atoms with E-state index in [2.05, 4.69) is 5.10 Å². The van der Waals surface area contributed by atoms with Crippen molar-refractivity contribution in [3.63, 3.8) is 0 Å². The molecule has 10 heavy (non-hydrogen) atoms. The Hall–Kier alpha value is -0.830. The molecule has 0 bridgehead atoms. The highest BCUT2D eigenvalue weighted by atomic mass is 35.5. The molecule has 0 amide bonds. The van der Waals surface area contributed by atoms with Crippen molar-refractivity contribution < 1.29 is 0 Å². The Balaban J connectivity index is 2.92. The lowest BCUT2D eigenvalue weighted by Gasteiger charge is -1.96. The standard InChI is InChI=1S/C6H7ClN2O/c7-3-5-9-6(10)2-1-4-8-9/h1-2,4H,3,5H2. The van der Waals surface area contributed by atoms with Crippen LogP contribution in [0, 0.1) is 0 Å². The van der Waals surface area contributed by atoms with Crippen LogP contribution in [0.25, 0.3) is 0 Å². The lowest BCUT2D eigenvalue weighted by Crippen LogP contribution is -2.21. The van der Waals surface area contributed by atoms with Gasteiger partial charge < -0.3 is 0 Å². The number of rotatable bonds is 2. The van der Waals surface area contributed by atoms with Crippen LogP contribution >= 0.6 is 11.6 Å². The fourth-order valence-electron chi connectivity index (χ4n) is 0.635. The molecule has 0 aliphatic heterocycles. The zero-order chi connectivity index (χ0) is 7.40. The first-order valence-electron chi connectivity index (χ1n) is 2.92. The molecule has 0 saturated carbocycles. The van der Waals surface area contributed by atoms with E-state index in [-0.39, 0.29) is 5.56 Å². The molecule has 1 rings (SSSR count). The van der Waals surface area contributed by atoms with Crippen molar-refractivity contribution in [1.82, 2.24) is 9.78 Å². The van der Waals surface area contributed by atoms with E-state index < -0.39 is 0 Å². The minimum absolute atomic E-state index is 0.108. The smallest absolute Gasteiger partial charge is 0.266 e. The van der Waals surface area contributed by atoms with Gasteiger partial charge in [0.15, 0.2) is 0 Å². The summed E-state index contributed by atoms with van der Waals surface area (Å²) in [5, 5.41) is 3.79. The van der Waals surface area contributed by atoms with E-state index in [0.29, 0.717) is 12.4 Å². The maximum absolute atomic E-state index is 10.9. The minimum atomic E-state index is -0.108. The van der Waals surface area contributed by atoms with Gasteiger partial charge in [-0.1, -0.05) is 0 Å².